The molecule has 0 bridgehead atoms. The highest BCUT2D eigenvalue weighted by Crippen LogP contribution is 2.27. The topological polar surface area (TPSA) is 55.4 Å². The minimum absolute atomic E-state index is 0.0456. The highest BCUT2D eigenvalue weighted by Gasteiger charge is 2.21. The summed E-state index contributed by atoms with van der Waals surface area (Å²) in [6, 6.07) is 5.38. The Morgan fingerprint density at radius 2 is 2.11 bits per heavy atom. The standard InChI is InChI=1S/C15H19NO3/c1-10-3-6-14(13(7-10)11(2)17)19-9-15(18)16-8-12-4-5-12/h3,6-7,12H,4-5,8-9H2,1-2H3,(H,16,18). The third-order valence-corrected chi connectivity index (χ3v) is 3.16. The first-order valence-electron chi connectivity index (χ1n) is 6.57. The molecule has 19 heavy (non-hydrogen) atoms. The average Bonchev–Trinajstić information content (AvgIpc) is 3.18. The maximum absolute atomic E-state index is 11.6. The van der Waals surface area contributed by atoms with Crippen molar-refractivity contribution in [2.24, 2.45) is 5.92 Å². The highest BCUT2D eigenvalue weighted by atomic mass is 16.5. The number of benzene rings is 1. The molecule has 1 saturated carbocycles. The lowest BCUT2D eigenvalue weighted by molar-refractivity contribution is -0.123. The zero-order chi connectivity index (χ0) is 13.8. The molecular weight excluding hydrogens is 242 g/mol. The van der Waals surface area contributed by atoms with Gasteiger partial charge in [-0.3, -0.25) is 9.59 Å². The molecule has 0 spiro atoms. The SMILES string of the molecule is CC(=O)c1cc(C)ccc1OCC(=O)NCC1CC1. The van der Waals surface area contributed by atoms with Crippen molar-refractivity contribution < 1.29 is 14.3 Å². The Kier molecular flexibility index (Phi) is 4.20. The van der Waals surface area contributed by atoms with E-state index in [4.69, 9.17) is 4.74 Å². The Balaban J connectivity index is 1.90. The van der Waals surface area contributed by atoms with Gasteiger partial charge in [-0.25, -0.2) is 0 Å². The normalized spacial score (nSPS) is 14.0. The molecule has 1 aliphatic rings. The molecule has 4 nitrogen and oxygen atoms in total. The van der Waals surface area contributed by atoms with Crippen molar-refractivity contribution in [1.29, 1.82) is 0 Å². The van der Waals surface area contributed by atoms with Gasteiger partial charge < -0.3 is 10.1 Å². The quantitative estimate of drug-likeness (QED) is 0.798. The van der Waals surface area contributed by atoms with Crippen molar-refractivity contribution in [2.75, 3.05) is 13.2 Å². The molecule has 2 rings (SSSR count). The molecule has 1 aromatic carbocycles. The fourth-order valence-corrected chi connectivity index (χ4v) is 1.82. The molecule has 1 fully saturated rings. The van der Waals surface area contributed by atoms with Gasteiger partial charge in [0.2, 0.25) is 0 Å². The van der Waals surface area contributed by atoms with Gasteiger partial charge in [0.25, 0.3) is 5.91 Å². The van der Waals surface area contributed by atoms with Crippen LogP contribution in [0.15, 0.2) is 18.2 Å². The minimum Gasteiger partial charge on any atom is -0.483 e. The van der Waals surface area contributed by atoms with E-state index in [0.29, 0.717) is 17.2 Å². The van der Waals surface area contributed by atoms with Crippen LogP contribution in [0.3, 0.4) is 0 Å². The van der Waals surface area contributed by atoms with Crippen LogP contribution >= 0.6 is 0 Å². The van der Waals surface area contributed by atoms with Gasteiger partial charge in [-0.05, 0) is 44.7 Å². The molecule has 0 radical (unpaired) electrons. The number of rotatable bonds is 6. The molecular formula is C15H19NO3. The van der Waals surface area contributed by atoms with Crippen molar-refractivity contribution in [1.82, 2.24) is 5.32 Å². The number of carbonyl (C=O) groups is 2. The summed E-state index contributed by atoms with van der Waals surface area (Å²) in [6.45, 7) is 4.10. The molecule has 1 aromatic rings. The Bertz CT molecular complexity index is 492. The summed E-state index contributed by atoms with van der Waals surface area (Å²) in [6.07, 6.45) is 2.40. The number of nitrogens with one attached hydrogen (secondary N) is 1. The number of amides is 1. The van der Waals surface area contributed by atoms with Crippen LogP contribution in [0, 0.1) is 12.8 Å². The zero-order valence-corrected chi connectivity index (χ0v) is 11.4. The van der Waals surface area contributed by atoms with E-state index in [0.717, 1.165) is 12.1 Å². The van der Waals surface area contributed by atoms with E-state index >= 15 is 0 Å². The van der Waals surface area contributed by atoms with Gasteiger partial charge >= 0.3 is 0 Å². The maximum Gasteiger partial charge on any atom is 0.257 e. The largest absolute Gasteiger partial charge is 0.483 e. The van der Waals surface area contributed by atoms with Gasteiger partial charge in [0, 0.05) is 6.54 Å². The van der Waals surface area contributed by atoms with Crippen molar-refractivity contribution >= 4 is 11.7 Å². The molecule has 0 aromatic heterocycles. The predicted molar refractivity (Wildman–Crippen MR) is 72.4 cm³/mol. The predicted octanol–water partition coefficient (Wildman–Crippen LogP) is 2.10. The number of ketones is 1. The second kappa shape index (κ2) is 5.87. The first-order chi connectivity index (χ1) is 9.06. The molecule has 102 valence electrons. The summed E-state index contributed by atoms with van der Waals surface area (Å²) in [5.41, 5.74) is 1.52. The Morgan fingerprint density at radius 1 is 1.37 bits per heavy atom. The molecule has 0 aliphatic heterocycles. The van der Waals surface area contributed by atoms with Crippen LogP contribution in [0.1, 0.15) is 35.7 Å². The Hall–Kier alpha value is -1.84. The van der Waals surface area contributed by atoms with Crippen molar-refractivity contribution in [3.05, 3.63) is 29.3 Å². The van der Waals surface area contributed by atoms with E-state index in [1.807, 2.05) is 13.0 Å². The van der Waals surface area contributed by atoms with Crippen LogP contribution in [0.2, 0.25) is 0 Å². The lowest BCUT2D eigenvalue weighted by atomic mass is 10.1. The molecule has 0 atom stereocenters. The summed E-state index contributed by atoms with van der Waals surface area (Å²) >= 11 is 0. The maximum atomic E-state index is 11.6. The van der Waals surface area contributed by atoms with Crippen molar-refractivity contribution in [3.8, 4) is 5.75 Å². The molecule has 0 saturated heterocycles. The number of Topliss-reactive ketones (excluding diaryl/α,β-unsaturated/α-hetero) is 1. The van der Waals surface area contributed by atoms with E-state index in [9.17, 15) is 9.59 Å². The number of hydrogen-bond donors (Lipinski definition) is 1. The van der Waals surface area contributed by atoms with Crippen molar-refractivity contribution in [3.63, 3.8) is 0 Å². The fraction of sp³-hybridized carbons (Fsp3) is 0.467. The second-order valence-corrected chi connectivity index (χ2v) is 5.09. The first kappa shape index (κ1) is 13.6. The minimum atomic E-state index is -0.137. The van der Waals surface area contributed by atoms with E-state index in [-0.39, 0.29) is 18.3 Å². The van der Waals surface area contributed by atoms with Gasteiger partial charge in [-0.15, -0.1) is 0 Å². The Labute approximate surface area is 113 Å². The summed E-state index contributed by atoms with van der Waals surface area (Å²) in [7, 11) is 0. The van der Waals surface area contributed by atoms with Gasteiger partial charge in [-0.2, -0.15) is 0 Å². The van der Waals surface area contributed by atoms with Crippen LogP contribution in [0.4, 0.5) is 0 Å². The van der Waals surface area contributed by atoms with Gasteiger partial charge in [0.05, 0.1) is 5.56 Å². The van der Waals surface area contributed by atoms with Crippen LogP contribution in [0.25, 0.3) is 0 Å². The molecule has 1 aliphatic carbocycles. The molecule has 0 unspecified atom stereocenters. The molecule has 0 heterocycles. The van der Waals surface area contributed by atoms with Gasteiger partial charge in [0.1, 0.15) is 5.75 Å². The van der Waals surface area contributed by atoms with Crippen LogP contribution in [-0.2, 0) is 4.79 Å². The molecule has 1 N–H and O–H groups in total. The average molecular weight is 261 g/mol. The smallest absolute Gasteiger partial charge is 0.257 e. The lowest BCUT2D eigenvalue weighted by Crippen LogP contribution is -2.30. The Morgan fingerprint density at radius 3 is 2.74 bits per heavy atom. The second-order valence-electron chi connectivity index (χ2n) is 5.09. The number of ether oxygens (including phenoxy) is 1. The third kappa shape index (κ3) is 4.09. The highest BCUT2D eigenvalue weighted by molar-refractivity contribution is 5.97. The lowest BCUT2D eigenvalue weighted by Gasteiger charge is -2.10. The molecule has 1 amide bonds. The fourth-order valence-electron chi connectivity index (χ4n) is 1.82. The van der Waals surface area contributed by atoms with Crippen LogP contribution in [0.5, 0.6) is 5.75 Å². The number of aryl methyl sites for hydroxylation is 1. The summed E-state index contributed by atoms with van der Waals surface area (Å²) in [4.78, 5) is 23.1. The van der Waals surface area contributed by atoms with Gasteiger partial charge in [-0.1, -0.05) is 11.6 Å². The molecule has 4 heteroatoms. The summed E-state index contributed by atoms with van der Waals surface area (Å²) < 4.78 is 5.44. The van der Waals surface area contributed by atoms with Crippen molar-refractivity contribution in [2.45, 2.75) is 26.7 Å². The van der Waals surface area contributed by atoms with Gasteiger partial charge in [0.15, 0.2) is 12.4 Å². The number of carbonyl (C=O) groups excluding carboxylic acids is 2. The van der Waals surface area contributed by atoms with E-state index in [1.54, 1.807) is 12.1 Å². The van der Waals surface area contributed by atoms with Crippen LogP contribution in [-0.4, -0.2) is 24.8 Å². The van der Waals surface area contributed by atoms with E-state index in [1.165, 1.54) is 19.8 Å². The van der Waals surface area contributed by atoms with E-state index in [2.05, 4.69) is 5.32 Å². The monoisotopic (exact) mass is 261 g/mol. The van der Waals surface area contributed by atoms with E-state index < -0.39 is 0 Å². The summed E-state index contributed by atoms with van der Waals surface area (Å²) in [5.74, 6) is 0.926. The third-order valence-electron chi connectivity index (χ3n) is 3.16. The summed E-state index contributed by atoms with van der Waals surface area (Å²) in [5, 5.41) is 2.83. The first-order valence-corrected chi connectivity index (χ1v) is 6.57. The number of hydrogen-bond acceptors (Lipinski definition) is 3. The van der Waals surface area contributed by atoms with Crippen LogP contribution < -0.4 is 10.1 Å². The zero-order valence-electron chi connectivity index (χ0n) is 11.4.